The molecule has 0 aromatic heterocycles. The van der Waals surface area contributed by atoms with Crippen LogP contribution in [0.3, 0.4) is 0 Å². The van der Waals surface area contributed by atoms with Crippen molar-refractivity contribution in [3.05, 3.63) is 0 Å². The predicted molar refractivity (Wildman–Crippen MR) is 35.0 cm³/mol. The van der Waals surface area contributed by atoms with E-state index in [1.165, 1.54) is 32.1 Å². The Morgan fingerprint density at radius 1 is 0.625 bits per heavy atom. The molecule has 1 nitrogen and oxygen atoms in total. The maximum absolute atomic E-state index is 4.33. The Balaban J connectivity index is 2.00. The van der Waals surface area contributed by atoms with E-state index in [2.05, 4.69) is 5.32 Å². The number of hydrogen-bond acceptors (Lipinski definition) is 0. The van der Waals surface area contributed by atoms with Gasteiger partial charge in [0.1, 0.15) is 0 Å². The summed E-state index contributed by atoms with van der Waals surface area (Å²) in [4.78, 5) is 0. The van der Waals surface area contributed by atoms with Crippen LogP contribution in [0.25, 0.3) is 0 Å². The van der Waals surface area contributed by atoms with Gasteiger partial charge in [-0.05, 0) is 12.8 Å². The summed E-state index contributed by atoms with van der Waals surface area (Å²) < 4.78 is 0. The topological polar surface area (TPSA) is 14.1 Å². The molecule has 1 saturated heterocycles. The molecule has 1 heterocycles. The van der Waals surface area contributed by atoms with Crippen LogP contribution in [0.15, 0.2) is 0 Å². The molecule has 0 aromatic carbocycles. The summed E-state index contributed by atoms with van der Waals surface area (Å²) in [7, 11) is 0. The molecule has 1 heteroatoms. The lowest BCUT2D eigenvalue weighted by molar-refractivity contribution is 0.510. The van der Waals surface area contributed by atoms with Gasteiger partial charge in [-0.15, -0.1) is 0 Å². The lowest BCUT2D eigenvalue weighted by Gasteiger charge is -2.06. The fraction of sp³-hybridized carbons (Fsp3) is 1.00. The van der Waals surface area contributed by atoms with E-state index in [0.29, 0.717) is 0 Å². The van der Waals surface area contributed by atoms with Crippen LogP contribution in [-0.4, -0.2) is 13.1 Å². The first-order chi connectivity index (χ1) is 4.00. The molecule has 1 radical (unpaired) electrons. The molecule has 0 spiro atoms. The molecule has 0 saturated carbocycles. The summed E-state index contributed by atoms with van der Waals surface area (Å²) in [6.07, 6.45) is 6.92. The Morgan fingerprint density at radius 2 is 1.12 bits per heavy atom. The molecular formula is C7H14N. The van der Waals surface area contributed by atoms with Gasteiger partial charge in [0, 0.05) is 13.1 Å². The van der Waals surface area contributed by atoms with Gasteiger partial charge in [0.2, 0.25) is 0 Å². The Kier molecular flexibility index (Phi) is 2.97. The van der Waals surface area contributed by atoms with Crippen molar-refractivity contribution in [3.8, 4) is 0 Å². The van der Waals surface area contributed by atoms with E-state index in [0.717, 1.165) is 13.1 Å². The maximum atomic E-state index is 4.33. The minimum absolute atomic E-state index is 1.12. The third-order valence-electron chi connectivity index (χ3n) is 1.63. The Hall–Kier alpha value is -0.0400. The van der Waals surface area contributed by atoms with Crippen molar-refractivity contribution in [2.75, 3.05) is 13.1 Å². The predicted octanol–water partition coefficient (Wildman–Crippen LogP) is 1.55. The van der Waals surface area contributed by atoms with Crippen molar-refractivity contribution < 1.29 is 0 Å². The zero-order valence-electron chi connectivity index (χ0n) is 5.40. The molecule has 1 aliphatic heterocycles. The van der Waals surface area contributed by atoms with Gasteiger partial charge in [-0.1, -0.05) is 19.3 Å². The minimum Gasteiger partial charge on any atom is -0.242 e. The summed E-state index contributed by atoms with van der Waals surface area (Å²) in [6, 6.07) is 0. The van der Waals surface area contributed by atoms with Gasteiger partial charge in [-0.2, -0.15) is 0 Å². The molecule has 0 N–H and O–H groups in total. The maximum Gasteiger partial charge on any atom is 0.0133 e. The molecule has 1 fully saturated rings. The molecule has 47 valence electrons. The Bertz CT molecular complexity index is 28.3. The lowest BCUT2D eigenvalue weighted by Crippen LogP contribution is -2.10. The third-order valence-corrected chi connectivity index (χ3v) is 1.63. The highest BCUT2D eigenvalue weighted by Gasteiger charge is 1.95. The van der Waals surface area contributed by atoms with Crippen LogP contribution in [-0.2, 0) is 0 Å². The lowest BCUT2D eigenvalue weighted by atomic mass is 10.1. The van der Waals surface area contributed by atoms with Crippen LogP contribution >= 0.6 is 0 Å². The normalized spacial score (nSPS) is 24.0. The van der Waals surface area contributed by atoms with Gasteiger partial charge in [-0.3, -0.25) is 0 Å². The zero-order valence-corrected chi connectivity index (χ0v) is 5.40. The first kappa shape index (κ1) is 6.09. The summed E-state index contributed by atoms with van der Waals surface area (Å²) in [5, 5.41) is 4.33. The summed E-state index contributed by atoms with van der Waals surface area (Å²) in [5.74, 6) is 0. The van der Waals surface area contributed by atoms with E-state index in [1.54, 1.807) is 0 Å². The average Bonchev–Trinajstić information content (AvgIpc) is 1.62. The van der Waals surface area contributed by atoms with Crippen LogP contribution in [0.1, 0.15) is 32.1 Å². The minimum atomic E-state index is 1.12. The fourth-order valence-electron chi connectivity index (χ4n) is 1.09. The van der Waals surface area contributed by atoms with Crippen molar-refractivity contribution in [2.45, 2.75) is 32.1 Å². The second-order valence-electron chi connectivity index (χ2n) is 2.44. The Morgan fingerprint density at radius 3 is 1.75 bits per heavy atom. The fourth-order valence-corrected chi connectivity index (χ4v) is 1.09. The van der Waals surface area contributed by atoms with E-state index in [-0.39, 0.29) is 0 Å². The summed E-state index contributed by atoms with van der Waals surface area (Å²) in [5.41, 5.74) is 0. The van der Waals surface area contributed by atoms with E-state index in [4.69, 9.17) is 0 Å². The van der Waals surface area contributed by atoms with Crippen molar-refractivity contribution in [3.63, 3.8) is 0 Å². The molecule has 0 aromatic rings. The first-order valence-electron chi connectivity index (χ1n) is 3.63. The van der Waals surface area contributed by atoms with E-state index >= 15 is 0 Å². The average molecular weight is 112 g/mol. The second-order valence-corrected chi connectivity index (χ2v) is 2.44. The molecule has 0 unspecified atom stereocenters. The van der Waals surface area contributed by atoms with Crippen LogP contribution in [0.2, 0.25) is 0 Å². The highest BCUT2D eigenvalue weighted by atomic mass is 14.8. The molecule has 0 atom stereocenters. The van der Waals surface area contributed by atoms with Gasteiger partial charge in [0.05, 0.1) is 0 Å². The molecule has 0 amide bonds. The second kappa shape index (κ2) is 3.90. The van der Waals surface area contributed by atoms with Gasteiger partial charge >= 0.3 is 0 Å². The monoisotopic (exact) mass is 112 g/mol. The molecule has 0 aliphatic carbocycles. The smallest absolute Gasteiger partial charge is 0.0133 e. The van der Waals surface area contributed by atoms with E-state index in [1.807, 2.05) is 0 Å². The standard InChI is InChI=1S/C7H14N/c1-2-4-6-8-7-5-3-1/h1-7H2. The van der Waals surface area contributed by atoms with Gasteiger partial charge < -0.3 is 0 Å². The molecule has 1 aliphatic rings. The SMILES string of the molecule is C1CCC[N]CCC1. The van der Waals surface area contributed by atoms with Crippen LogP contribution < -0.4 is 5.32 Å². The van der Waals surface area contributed by atoms with Gasteiger partial charge in [0.15, 0.2) is 0 Å². The highest BCUT2D eigenvalue weighted by Crippen LogP contribution is 2.04. The summed E-state index contributed by atoms with van der Waals surface area (Å²) >= 11 is 0. The largest absolute Gasteiger partial charge is 0.242 e. The number of rotatable bonds is 0. The third kappa shape index (κ3) is 2.31. The molecular weight excluding hydrogens is 98.1 g/mol. The van der Waals surface area contributed by atoms with Gasteiger partial charge in [0.25, 0.3) is 0 Å². The Labute approximate surface area is 51.5 Å². The van der Waals surface area contributed by atoms with Crippen molar-refractivity contribution in [1.82, 2.24) is 5.32 Å². The van der Waals surface area contributed by atoms with Crippen molar-refractivity contribution >= 4 is 0 Å². The van der Waals surface area contributed by atoms with Crippen molar-refractivity contribution in [1.29, 1.82) is 0 Å². The van der Waals surface area contributed by atoms with Crippen LogP contribution in [0, 0.1) is 0 Å². The first-order valence-corrected chi connectivity index (χ1v) is 3.63. The van der Waals surface area contributed by atoms with Crippen LogP contribution in [0.5, 0.6) is 0 Å². The molecule has 0 bridgehead atoms. The van der Waals surface area contributed by atoms with Gasteiger partial charge in [-0.25, -0.2) is 5.32 Å². The quantitative estimate of drug-likeness (QED) is 0.451. The highest BCUT2D eigenvalue weighted by molar-refractivity contribution is 4.53. The van der Waals surface area contributed by atoms with Crippen LogP contribution in [0.4, 0.5) is 0 Å². The van der Waals surface area contributed by atoms with Crippen molar-refractivity contribution in [2.24, 2.45) is 0 Å². The molecule has 1 rings (SSSR count). The van der Waals surface area contributed by atoms with E-state index < -0.39 is 0 Å². The number of hydrogen-bond donors (Lipinski definition) is 0. The molecule has 8 heavy (non-hydrogen) atoms. The number of nitrogens with zero attached hydrogens (tertiary/aromatic N) is 1. The summed E-state index contributed by atoms with van der Waals surface area (Å²) in [6.45, 7) is 2.25. The zero-order chi connectivity index (χ0) is 5.66. The van der Waals surface area contributed by atoms with E-state index in [9.17, 15) is 0 Å².